The summed E-state index contributed by atoms with van der Waals surface area (Å²) in [5, 5.41) is 12.4. The standard InChI is InChI=1S/C15H10FN3O2/c16-11-7-9(15(20)21)5-6-13(11)19-14-10-3-1-2-4-12(10)17-8-18-14/h1-8H,(H,20,21)(H,17,18,19). The van der Waals surface area contributed by atoms with Crippen LogP contribution in [0.2, 0.25) is 0 Å². The number of carboxylic acids is 1. The molecule has 0 aliphatic carbocycles. The van der Waals surface area contributed by atoms with Crippen molar-refractivity contribution >= 4 is 28.4 Å². The summed E-state index contributed by atoms with van der Waals surface area (Å²) in [7, 11) is 0. The number of carboxylic acid groups (broad SMARTS) is 1. The zero-order valence-corrected chi connectivity index (χ0v) is 10.7. The van der Waals surface area contributed by atoms with Gasteiger partial charge < -0.3 is 10.4 Å². The zero-order chi connectivity index (χ0) is 14.8. The third-order valence-corrected chi connectivity index (χ3v) is 3.01. The first-order valence-corrected chi connectivity index (χ1v) is 6.15. The number of fused-ring (bicyclic) bond motifs is 1. The van der Waals surface area contributed by atoms with Crippen LogP contribution in [0.15, 0.2) is 48.8 Å². The molecule has 0 aliphatic rings. The number of aromatic nitrogens is 2. The second-order valence-corrected chi connectivity index (χ2v) is 4.36. The number of hydrogen-bond donors (Lipinski definition) is 2. The Balaban J connectivity index is 2.01. The third-order valence-electron chi connectivity index (χ3n) is 3.01. The molecule has 0 amide bonds. The van der Waals surface area contributed by atoms with E-state index < -0.39 is 11.8 Å². The molecule has 21 heavy (non-hydrogen) atoms. The van der Waals surface area contributed by atoms with Crippen molar-refractivity contribution < 1.29 is 14.3 Å². The number of halogens is 1. The Labute approximate surface area is 119 Å². The van der Waals surface area contributed by atoms with Crippen molar-refractivity contribution in [1.29, 1.82) is 0 Å². The lowest BCUT2D eigenvalue weighted by atomic mass is 10.2. The molecule has 5 nitrogen and oxygen atoms in total. The van der Waals surface area contributed by atoms with Gasteiger partial charge in [0, 0.05) is 5.39 Å². The van der Waals surface area contributed by atoms with Crippen LogP contribution in [0, 0.1) is 5.82 Å². The van der Waals surface area contributed by atoms with E-state index >= 15 is 0 Å². The van der Waals surface area contributed by atoms with Crippen molar-refractivity contribution in [2.75, 3.05) is 5.32 Å². The van der Waals surface area contributed by atoms with Crippen LogP contribution in [-0.2, 0) is 0 Å². The molecule has 1 aromatic heterocycles. The minimum absolute atomic E-state index is 0.106. The molecule has 0 saturated carbocycles. The summed E-state index contributed by atoms with van der Waals surface area (Å²) in [4.78, 5) is 19.0. The number of nitrogens with one attached hydrogen (secondary N) is 1. The molecule has 2 aromatic carbocycles. The van der Waals surface area contributed by atoms with Crippen LogP contribution in [0.5, 0.6) is 0 Å². The first-order valence-electron chi connectivity index (χ1n) is 6.15. The summed E-state index contributed by atoms with van der Waals surface area (Å²) in [5.74, 6) is -1.37. The summed E-state index contributed by atoms with van der Waals surface area (Å²) < 4.78 is 13.9. The minimum atomic E-state index is -1.17. The van der Waals surface area contributed by atoms with Crippen LogP contribution in [0.1, 0.15) is 10.4 Å². The van der Waals surface area contributed by atoms with Crippen LogP contribution < -0.4 is 5.32 Å². The Morgan fingerprint density at radius 1 is 1.14 bits per heavy atom. The summed E-state index contributed by atoms with van der Waals surface area (Å²) in [6, 6.07) is 11.0. The quantitative estimate of drug-likeness (QED) is 0.772. The molecule has 0 atom stereocenters. The van der Waals surface area contributed by atoms with Crippen LogP contribution >= 0.6 is 0 Å². The topological polar surface area (TPSA) is 75.1 Å². The normalized spacial score (nSPS) is 10.5. The predicted octanol–water partition coefficient (Wildman–Crippen LogP) is 3.21. The van der Waals surface area contributed by atoms with Gasteiger partial charge in [0.15, 0.2) is 0 Å². The summed E-state index contributed by atoms with van der Waals surface area (Å²) in [6.07, 6.45) is 1.38. The maximum atomic E-state index is 13.9. The molecule has 0 aliphatic heterocycles. The van der Waals surface area contributed by atoms with Gasteiger partial charge in [-0.1, -0.05) is 12.1 Å². The molecule has 0 unspecified atom stereocenters. The van der Waals surface area contributed by atoms with Gasteiger partial charge in [-0.15, -0.1) is 0 Å². The number of anilines is 2. The molecule has 0 saturated heterocycles. The molecule has 2 N–H and O–H groups in total. The van der Waals surface area contributed by atoms with Crippen LogP contribution in [0.4, 0.5) is 15.9 Å². The first kappa shape index (κ1) is 13.0. The van der Waals surface area contributed by atoms with Gasteiger partial charge in [-0.2, -0.15) is 0 Å². The van der Waals surface area contributed by atoms with E-state index in [1.807, 2.05) is 24.3 Å². The average Bonchev–Trinajstić information content (AvgIpc) is 2.49. The highest BCUT2D eigenvalue weighted by atomic mass is 19.1. The molecular weight excluding hydrogens is 273 g/mol. The predicted molar refractivity (Wildman–Crippen MR) is 76.2 cm³/mol. The van der Waals surface area contributed by atoms with E-state index in [4.69, 9.17) is 5.11 Å². The van der Waals surface area contributed by atoms with E-state index in [-0.39, 0.29) is 11.3 Å². The molecule has 3 aromatic rings. The Morgan fingerprint density at radius 3 is 2.71 bits per heavy atom. The van der Waals surface area contributed by atoms with E-state index in [0.717, 1.165) is 17.0 Å². The smallest absolute Gasteiger partial charge is 0.335 e. The van der Waals surface area contributed by atoms with Crippen molar-refractivity contribution in [2.24, 2.45) is 0 Å². The number of nitrogens with zero attached hydrogens (tertiary/aromatic N) is 2. The van der Waals surface area contributed by atoms with Crippen molar-refractivity contribution in [2.45, 2.75) is 0 Å². The van der Waals surface area contributed by atoms with Gasteiger partial charge in [-0.25, -0.2) is 19.2 Å². The average molecular weight is 283 g/mol. The number of rotatable bonds is 3. The lowest BCUT2D eigenvalue weighted by Gasteiger charge is -2.09. The SMILES string of the molecule is O=C(O)c1ccc(Nc2ncnc3ccccc23)c(F)c1. The van der Waals surface area contributed by atoms with Gasteiger partial charge in [-0.05, 0) is 30.3 Å². The Morgan fingerprint density at radius 2 is 1.95 bits per heavy atom. The van der Waals surface area contributed by atoms with E-state index in [9.17, 15) is 9.18 Å². The summed E-state index contributed by atoms with van der Waals surface area (Å²) in [6.45, 7) is 0. The molecule has 0 spiro atoms. The number of aromatic carboxylic acids is 1. The fraction of sp³-hybridized carbons (Fsp3) is 0. The molecule has 3 rings (SSSR count). The maximum absolute atomic E-state index is 13.9. The first-order chi connectivity index (χ1) is 10.1. The monoisotopic (exact) mass is 283 g/mol. The van der Waals surface area contributed by atoms with Gasteiger partial charge in [-0.3, -0.25) is 0 Å². The van der Waals surface area contributed by atoms with Crippen LogP contribution in [0.3, 0.4) is 0 Å². The molecule has 1 heterocycles. The lowest BCUT2D eigenvalue weighted by Crippen LogP contribution is -2.01. The fourth-order valence-corrected chi connectivity index (χ4v) is 1.98. The van der Waals surface area contributed by atoms with Crippen molar-refractivity contribution in [1.82, 2.24) is 9.97 Å². The highest BCUT2D eigenvalue weighted by molar-refractivity contribution is 5.91. The van der Waals surface area contributed by atoms with Crippen molar-refractivity contribution in [3.63, 3.8) is 0 Å². The second-order valence-electron chi connectivity index (χ2n) is 4.36. The number of para-hydroxylation sites is 1. The summed E-state index contributed by atoms with van der Waals surface area (Å²) >= 11 is 0. The number of hydrogen-bond acceptors (Lipinski definition) is 4. The second kappa shape index (κ2) is 5.16. The van der Waals surface area contributed by atoms with Crippen molar-refractivity contribution in [3.8, 4) is 0 Å². The van der Waals surface area contributed by atoms with Gasteiger partial charge in [0.25, 0.3) is 0 Å². The Hall–Kier alpha value is -3.02. The molecule has 6 heteroatoms. The molecule has 0 bridgehead atoms. The minimum Gasteiger partial charge on any atom is -0.478 e. The Kier molecular flexibility index (Phi) is 3.19. The van der Waals surface area contributed by atoms with Gasteiger partial charge in [0.05, 0.1) is 16.8 Å². The fourth-order valence-electron chi connectivity index (χ4n) is 1.98. The highest BCUT2D eigenvalue weighted by Crippen LogP contribution is 2.24. The molecule has 104 valence electrons. The van der Waals surface area contributed by atoms with E-state index in [2.05, 4.69) is 15.3 Å². The largest absolute Gasteiger partial charge is 0.478 e. The number of carbonyl (C=O) groups is 1. The van der Waals surface area contributed by atoms with Crippen LogP contribution in [0.25, 0.3) is 10.9 Å². The summed E-state index contributed by atoms with van der Waals surface area (Å²) in [5.41, 5.74) is 0.784. The maximum Gasteiger partial charge on any atom is 0.335 e. The van der Waals surface area contributed by atoms with Gasteiger partial charge >= 0.3 is 5.97 Å². The molecular formula is C15H10FN3O2. The van der Waals surface area contributed by atoms with E-state index in [0.29, 0.717) is 5.82 Å². The molecule has 0 fully saturated rings. The van der Waals surface area contributed by atoms with Gasteiger partial charge in [0.1, 0.15) is 18.0 Å². The highest BCUT2D eigenvalue weighted by Gasteiger charge is 2.10. The third kappa shape index (κ3) is 2.51. The van der Waals surface area contributed by atoms with E-state index in [1.165, 1.54) is 18.5 Å². The zero-order valence-electron chi connectivity index (χ0n) is 10.7. The van der Waals surface area contributed by atoms with Gasteiger partial charge in [0.2, 0.25) is 0 Å². The Bertz CT molecular complexity index is 831. The van der Waals surface area contributed by atoms with E-state index in [1.54, 1.807) is 0 Å². The van der Waals surface area contributed by atoms with Crippen LogP contribution in [-0.4, -0.2) is 21.0 Å². The van der Waals surface area contributed by atoms with Crippen molar-refractivity contribution in [3.05, 3.63) is 60.2 Å². The molecule has 0 radical (unpaired) electrons. The lowest BCUT2D eigenvalue weighted by molar-refractivity contribution is 0.0696. The number of benzene rings is 2.